The Bertz CT molecular complexity index is 1080. The minimum atomic E-state index is -0.487. The second-order valence-electron chi connectivity index (χ2n) is 7.51. The molecule has 0 radical (unpaired) electrons. The Balaban J connectivity index is 1.46. The van der Waals surface area contributed by atoms with Crippen LogP contribution in [0.4, 0.5) is 0 Å². The van der Waals surface area contributed by atoms with Gasteiger partial charge in [-0.15, -0.1) is 11.3 Å². The van der Waals surface area contributed by atoms with Crippen molar-refractivity contribution < 1.29 is 14.3 Å². The standard InChI is InChI=1S/C25H27ClN2O3S/c1-2-3-4-5-6-7-12-22(29)28-27-17-18-13-15-19(16-14-18)31-25(30)24-23(26)20-10-8-9-11-21(20)32-24/h8-11,13-17H,2-7,12H2,1H3,(H,28,29)/b27-17+. The number of ether oxygens (including phenoxy) is 1. The fourth-order valence-electron chi connectivity index (χ4n) is 3.22. The van der Waals surface area contributed by atoms with Crippen LogP contribution in [0.15, 0.2) is 53.6 Å². The lowest BCUT2D eigenvalue weighted by molar-refractivity contribution is -0.121. The number of fused-ring (bicyclic) bond motifs is 1. The minimum absolute atomic E-state index is 0.0810. The van der Waals surface area contributed by atoms with E-state index in [1.54, 1.807) is 30.5 Å². The number of hydrazone groups is 1. The first-order valence-corrected chi connectivity index (χ1v) is 12.1. The third-order valence-electron chi connectivity index (χ3n) is 4.97. The van der Waals surface area contributed by atoms with Gasteiger partial charge in [0, 0.05) is 16.5 Å². The molecule has 0 saturated carbocycles. The Morgan fingerprint density at radius 1 is 1.03 bits per heavy atom. The summed E-state index contributed by atoms with van der Waals surface area (Å²) in [5.41, 5.74) is 3.33. The van der Waals surface area contributed by atoms with Crippen LogP contribution in [0, 0.1) is 0 Å². The lowest BCUT2D eigenvalue weighted by Crippen LogP contribution is -2.16. The summed E-state index contributed by atoms with van der Waals surface area (Å²) < 4.78 is 6.40. The second kappa shape index (κ2) is 12.4. The van der Waals surface area contributed by atoms with Crippen molar-refractivity contribution in [3.05, 3.63) is 64.0 Å². The maximum absolute atomic E-state index is 12.5. The zero-order chi connectivity index (χ0) is 22.8. The van der Waals surface area contributed by atoms with Gasteiger partial charge in [-0.25, -0.2) is 10.2 Å². The molecule has 0 aliphatic heterocycles. The molecular weight excluding hydrogens is 444 g/mol. The molecule has 1 heterocycles. The molecular formula is C25H27ClN2O3S. The zero-order valence-corrected chi connectivity index (χ0v) is 19.7. The Hall–Kier alpha value is -2.70. The van der Waals surface area contributed by atoms with Gasteiger partial charge in [0.1, 0.15) is 10.6 Å². The van der Waals surface area contributed by atoms with Crippen molar-refractivity contribution in [2.45, 2.75) is 51.9 Å². The van der Waals surface area contributed by atoms with Crippen LogP contribution in [0.2, 0.25) is 5.02 Å². The second-order valence-corrected chi connectivity index (χ2v) is 8.94. The molecule has 1 aromatic heterocycles. The zero-order valence-electron chi connectivity index (χ0n) is 18.1. The summed E-state index contributed by atoms with van der Waals surface area (Å²) in [5.74, 6) is -0.158. The quantitative estimate of drug-likeness (QED) is 0.108. The van der Waals surface area contributed by atoms with E-state index in [0.717, 1.165) is 28.5 Å². The summed E-state index contributed by atoms with van der Waals surface area (Å²) >= 11 is 7.65. The molecule has 2 aromatic carbocycles. The fourth-order valence-corrected chi connectivity index (χ4v) is 4.61. The van der Waals surface area contributed by atoms with Crippen molar-refractivity contribution in [2.75, 3.05) is 0 Å². The number of carbonyl (C=O) groups is 2. The number of halogens is 1. The van der Waals surface area contributed by atoms with E-state index in [-0.39, 0.29) is 5.91 Å². The normalized spacial score (nSPS) is 11.2. The first-order chi connectivity index (χ1) is 15.6. The first-order valence-electron chi connectivity index (χ1n) is 10.9. The average molecular weight is 471 g/mol. The number of carbonyl (C=O) groups excluding carboxylic acids is 2. The topological polar surface area (TPSA) is 67.8 Å². The van der Waals surface area contributed by atoms with Crippen LogP contribution in [-0.2, 0) is 4.79 Å². The molecule has 0 unspecified atom stereocenters. The maximum Gasteiger partial charge on any atom is 0.355 e. The van der Waals surface area contributed by atoms with E-state index in [4.69, 9.17) is 16.3 Å². The molecule has 0 aliphatic carbocycles. The van der Waals surface area contributed by atoms with Crippen molar-refractivity contribution in [3.63, 3.8) is 0 Å². The van der Waals surface area contributed by atoms with Crippen LogP contribution in [0.1, 0.15) is 67.1 Å². The summed E-state index contributed by atoms with van der Waals surface area (Å²) in [6, 6.07) is 14.5. The number of amides is 1. The predicted molar refractivity (Wildman–Crippen MR) is 132 cm³/mol. The van der Waals surface area contributed by atoms with E-state index in [1.165, 1.54) is 37.0 Å². The molecule has 7 heteroatoms. The number of nitrogens with zero attached hydrogens (tertiary/aromatic N) is 1. The maximum atomic E-state index is 12.5. The Kier molecular flexibility index (Phi) is 9.26. The number of nitrogens with one attached hydrogen (secondary N) is 1. The highest BCUT2D eigenvalue weighted by Gasteiger charge is 2.18. The van der Waals surface area contributed by atoms with Crippen molar-refractivity contribution in [1.29, 1.82) is 0 Å². The number of rotatable bonds is 11. The van der Waals surface area contributed by atoms with Gasteiger partial charge in [0.05, 0.1) is 11.2 Å². The molecule has 3 rings (SSSR count). The predicted octanol–water partition coefficient (Wildman–Crippen LogP) is 6.97. The van der Waals surface area contributed by atoms with Gasteiger partial charge in [-0.05, 0) is 42.3 Å². The van der Waals surface area contributed by atoms with Gasteiger partial charge >= 0.3 is 5.97 Å². The van der Waals surface area contributed by atoms with Gasteiger partial charge < -0.3 is 4.74 Å². The largest absolute Gasteiger partial charge is 0.422 e. The molecule has 0 saturated heterocycles. The summed E-state index contributed by atoms with van der Waals surface area (Å²) in [7, 11) is 0. The van der Waals surface area contributed by atoms with Gasteiger partial charge in [-0.3, -0.25) is 4.79 Å². The number of esters is 1. The molecule has 0 atom stereocenters. The molecule has 0 aliphatic rings. The van der Waals surface area contributed by atoms with Crippen LogP contribution in [0.5, 0.6) is 5.75 Å². The lowest BCUT2D eigenvalue weighted by atomic mass is 10.1. The molecule has 0 fully saturated rings. The van der Waals surface area contributed by atoms with E-state index in [9.17, 15) is 9.59 Å². The van der Waals surface area contributed by atoms with Gasteiger partial charge in [-0.2, -0.15) is 5.10 Å². The van der Waals surface area contributed by atoms with Crippen molar-refractivity contribution in [2.24, 2.45) is 5.10 Å². The van der Waals surface area contributed by atoms with E-state index < -0.39 is 5.97 Å². The highest BCUT2D eigenvalue weighted by molar-refractivity contribution is 7.21. The number of thiophene rings is 1. The minimum Gasteiger partial charge on any atom is -0.422 e. The third kappa shape index (κ3) is 6.90. The molecule has 0 spiro atoms. The smallest absolute Gasteiger partial charge is 0.355 e. The van der Waals surface area contributed by atoms with E-state index in [2.05, 4.69) is 17.5 Å². The third-order valence-corrected chi connectivity index (χ3v) is 6.63. The van der Waals surface area contributed by atoms with Crippen LogP contribution in [0.3, 0.4) is 0 Å². The van der Waals surface area contributed by atoms with Crippen LogP contribution >= 0.6 is 22.9 Å². The number of benzene rings is 2. The first kappa shape index (κ1) is 24.0. The number of hydrogen-bond donors (Lipinski definition) is 1. The molecule has 5 nitrogen and oxygen atoms in total. The molecule has 3 aromatic rings. The van der Waals surface area contributed by atoms with Gasteiger partial charge in [0.25, 0.3) is 0 Å². The van der Waals surface area contributed by atoms with Crippen LogP contribution < -0.4 is 10.2 Å². The molecule has 1 N–H and O–H groups in total. The van der Waals surface area contributed by atoms with Gasteiger partial charge in [0.2, 0.25) is 5.91 Å². The SMILES string of the molecule is CCCCCCCCC(=O)N/N=C/c1ccc(OC(=O)c2sc3ccccc3c2Cl)cc1. The van der Waals surface area contributed by atoms with Crippen LogP contribution in [0.25, 0.3) is 10.1 Å². The monoisotopic (exact) mass is 470 g/mol. The molecule has 1 amide bonds. The summed E-state index contributed by atoms with van der Waals surface area (Å²) in [4.78, 5) is 24.7. The number of hydrogen-bond acceptors (Lipinski definition) is 5. The van der Waals surface area contributed by atoms with Crippen LogP contribution in [-0.4, -0.2) is 18.1 Å². The van der Waals surface area contributed by atoms with Crippen molar-refractivity contribution in [3.8, 4) is 5.75 Å². The highest BCUT2D eigenvalue weighted by atomic mass is 35.5. The molecule has 0 bridgehead atoms. The molecule has 32 heavy (non-hydrogen) atoms. The van der Waals surface area contributed by atoms with Gasteiger partial charge in [0.15, 0.2) is 0 Å². The van der Waals surface area contributed by atoms with E-state index >= 15 is 0 Å². The highest BCUT2D eigenvalue weighted by Crippen LogP contribution is 2.35. The van der Waals surface area contributed by atoms with Crippen molar-refractivity contribution in [1.82, 2.24) is 5.43 Å². The van der Waals surface area contributed by atoms with Crippen molar-refractivity contribution >= 4 is 51.1 Å². The fraction of sp³-hybridized carbons (Fsp3) is 0.320. The summed E-state index contributed by atoms with van der Waals surface area (Å²) in [6.07, 6.45) is 8.90. The summed E-state index contributed by atoms with van der Waals surface area (Å²) in [6.45, 7) is 2.19. The average Bonchev–Trinajstić information content (AvgIpc) is 3.14. The Labute approximate surface area is 197 Å². The van der Waals surface area contributed by atoms with E-state index in [1.807, 2.05) is 24.3 Å². The molecule has 168 valence electrons. The number of unbranched alkanes of at least 4 members (excludes halogenated alkanes) is 5. The Morgan fingerprint density at radius 3 is 2.50 bits per heavy atom. The van der Waals surface area contributed by atoms with Gasteiger partial charge in [-0.1, -0.05) is 68.8 Å². The van der Waals surface area contributed by atoms with E-state index in [0.29, 0.717) is 22.1 Å². The lowest BCUT2D eigenvalue weighted by Gasteiger charge is -2.04. The summed E-state index contributed by atoms with van der Waals surface area (Å²) in [5, 5.41) is 5.25. The Morgan fingerprint density at radius 2 is 1.75 bits per heavy atom.